The van der Waals surface area contributed by atoms with E-state index < -0.39 is 33.2 Å². The number of H-pyrrole nitrogens is 1. The largest absolute Gasteiger partial charge is 0.490 e. The number of nitrogens with two attached hydrogens (primary N) is 1. The summed E-state index contributed by atoms with van der Waals surface area (Å²) in [5, 5.41) is 4.89. The number of likely N-dealkylation sites (tertiary alicyclic amines) is 1. The average molecular weight is 774 g/mol. The van der Waals surface area contributed by atoms with Crippen molar-refractivity contribution in [2.75, 3.05) is 30.3 Å². The summed E-state index contributed by atoms with van der Waals surface area (Å²) in [4.78, 5) is 19.1. The van der Waals surface area contributed by atoms with Gasteiger partial charge in [-0.05, 0) is 85.5 Å². The van der Waals surface area contributed by atoms with E-state index in [-0.39, 0.29) is 63.4 Å². The van der Waals surface area contributed by atoms with Gasteiger partial charge < -0.3 is 20.2 Å². The number of para-hydroxylation sites is 1. The number of rotatable bonds is 9. The minimum atomic E-state index is -4.64. The lowest BCUT2D eigenvalue weighted by molar-refractivity contribution is -0.137. The second-order valence-electron chi connectivity index (χ2n) is 13.9. The first kappa shape index (κ1) is 36.3. The number of carbonyl (C=O) groups excluding carboxylic acids is 1. The Balaban J connectivity index is 1.08. The Kier molecular flexibility index (Phi) is 9.16. The molecule has 2 aliphatic heterocycles. The molecular weight excluding hydrogens is 739 g/mol. The number of ether oxygens (including phenoxy) is 2. The van der Waals surface area contributed by atoms with Gasteiger partial charge in [-0.3, -0.25) is 9.69 Å². The summed E-state index contributed by atoms with van der Waals surface area (Å²) < 4.78 is 94.0. The SMILES string of the molecule is Cc1cc(-n2ncc(C(=O)c3cc4cc(OC5CCN(C6CS(=O)(=O)C6)CC5)c(-c5ccccc5C(F)(F)F)cc4[nH]3)c2N)ccc1Oc1ccccc1F. The minimum Gasteiger partial charge on any atom is -0.490 e. The zero-order chi connectivity index (χ0) is 38.6. The second-order valence-corrected chi connectivity index (χ2v) is 16.1. The first-order valence-corrected chi connectivity index (χ1v) is 19.4. The molecule has 0 aliphatic carbocycles. The number of carbonyl (C=O) groups is 1. The fourth-order valence-corrected chi connectivity index (χ4v) is 8.75. The van der Waals surface area contributed by atoms with Crippen LogP contribution in [-0.2, 0) is 16.0 Å². The predicted octanol–water partition coefficient (Wildman–Crippen LogP) is 7.73. The number of halogens is 4. The third-order valence-electron chi connectivity index (χ3n) is 10.2. The molecule has 2 fully saturated rings. The zero-order valence-corrected chi connectivity index (χ0v) is 30.3. The van der Waals surface area contributed by atoms with Gasteiger partial charge >= 0.3 is 6.18 Å². The van der Waals surface area contributed by atoms with Crippen LogP contribution in [0, 0.1) is 12.7 Å². The van der Waals surface area contributed by atoms with Crippen molar-refractivity contribution in [2.24, 2.45) is 0 Å². The molecule has 2 saturated heterocycles. The van der Waals surface area contributed by atoms with Gasteiger partial charge in [-0.1, -0.05) is 30.3 Å². The van der Waals surface area contributed by atoms with Gasteiger partial charge in [0.15, 0.2) is 21.4 Å². The quantitative estimate of drug-likeness (QED) is 0.113. The van der Waals surface area contributed by atoms with Crippen molar-refractivity contribution in [3.63, 3.8) is 0 Å². The van der Waals surface area contributed by atoms with Crippen LogP contribution in [0.3, 0.4) is 0 Å². The number of aromatic nitrogens is 3. The van der Waals surface area contributed by atoms with E-state index >= 15 is 0 Å². The normalized spacial score (nSPS) is 16.6. The smallest absolute Gasteiger partial charge is 0.417 e. The third kappa shape index (κ3) is 7.16. The van der Waals surface area contributed by atoms with E-state index in [1.165, 1.54) is 41.2 Å². The van der Waals surface area contributed by atoms with Crippen LogP contribution >= 0.6 is 0 Å². The summed E-state index contributed by atoms with van der Waals surface area (Å²) in [5.74, 6) is 0.0647. The molecule has 55 heavy (non-hydrogen) atoms. The zero-order valence-electron chi connectivity index (χ0n) is 29.4. The number of sulfone groups is 1. The van der Waals surface area contributed by atoms with Gasteiger partial charge in [-0.15, -0.1) is 0 Å². The molecule has 3 N–H and O–H groups in total. The van der Waals surface area contributed by atoms with Crippen LogP contribution in [0.4, 0.5) is 23.4 Å². The topological polar surface area (TPSA) is 133 Å². The molecule has 4 heterocycles. The van der Waals surface area contributed by atoms with Crippen LogP contribution in [0.5, 0.6) is 17.2 Å². The molecule has 2 aromatic heterocycles. The number of fused-ring (bicyclic) bond motifs is 1. The summed E-state index contributed by atoms with van der Waals surface area (Å²) in [6.45, 7) is 2.98. The van der Waals surface area contributed by atoms with Gasteiger partial charge in [0, 0.05) is 35.6 Å². The van der Waals surface area contributed by atoms with E-state index in [0.717, 1.165) is 6.07 Å². The number of nitrogen functional groups attached to an aromatic ring is 1. The number of aryl methyl sites for hydroxylation is 1. The Hall–Kier alpha value is -5.67. The fourth-order valence-electron chi connectivity index (χ4n) is 7.25. The second kappa shape index (κ2) is 13.9. The average Bonchev–Trinajstić information content (AvgIpc) is 3.74. The molecule has 10 nitrogen and oxygen atoms in total. The fraction of sp³-hybridized carbons (Fsp3) is 0.250. The number of benzene rings is 4. The number of nitrogens with one attached hydrogen (secondary N) is 1. The first-order valence-electron chi connectivity index (χ1n) is 17.6. The molecule has 0 unspecified atom stereocenters. The van der Waals surface area contributed by atoms with E-state index in [1.54, 1.807) is 55.5 Å². The number of hydrogen-bond acceptors (Lipinski definition) is 8. The molecule has 8 rings (SSSR count). The lowest BCUT2D eigenvalue weighted by atomic mass is 9.97. The summed E-state index contributed by atoms with van der Waals surface area (Å²) >= 11 is 0. The van der Waals surface area contributed by atoms with Gasteiger partial charge in [0.2, 0.25) is 5.78 Å². The third-order valence-corrected chi connectivity index (χ3v) is 12.0. The van der Waals surface area contributed by atoms with Crippen LogP contribution in [0.1, 0.15) is 40.0 Å². The van der Waals surface area contributed by atoms with Crippen molar-refractivity contribution >= 4 is 32.3 Å². The van der Waals surface area contributed by atoms with Crippen LogP contribution < -0.4 is 15.2 Å². The summed E-state index contributed by atoms with van der Waals surface area (Å²) in [6, 6.07) is 21.1. The summed E-state index contributed by atoms with van der Waals surface area (Å²) in [5.41, 5.74) is 7.62. The highest BCUT2D eigenvalue weighted by Crippen LogP contribution is 2.43. The number of nitrogens with zero attached hydrogens (tertiary/aromatic N) is 3. The Morgan fingerprint density at radius 1 is 0.909 bits per heavy atom. The molecule has 0 amide bonds. The van der Waals surface area contributed by atoms with Gasteiger partial charge in [-0.2, -0.15) is 18.3 Å². The molecule has 0 bridgehead atoms. The van der Waals surface area contributed by atoms with Crippen LogP contribution in [0.25, 0.3) is 27.7 Å². The van der Waals surface area contributed by atoms with Crippen molar-refractivity contribution in [2.45, 2.75) is 38.1 Å². The predicted molar refractivity (Wildman–Crippen MR) is 199 cm³/mol. The molecule has 4 aromatic carbocycles. The van der Waals surface area contributed by atoms with Crippen molar-refractivity contribution in [3.05, 3.63) is 119 Å². The monoisotopic (exact) mass is 773 g/mol. The maximum atomic E-state index is 14.3. The van der Waals surface area contributed by atoms with E-state index in [2.05, 4.69) is 15.0 Å². The molecule has 0 saturated carbocycles. The Morgan fingerprint density at radius 2 is 1.64 bits per heavy atom. The van der Waals surface area contributed by atoms with Gasteiger partial charge in [0.25, 0.3) is 0 Å². The van der Waals surface area contributed by atoms with Crippen molar-refractivity contribution in [1.29, 1.82) is 0 Å². The van der Waals surface area contributed by atoms with Crippen molar-refractivity contribution in [3.8, 4) is 34.1 Å². The standard InChI is InChI=1S/C40H35F4N5O5S/c1-23-16-25(10-11-35(23)54-36-9-5-4-8-32(36)41)49-39(45)30(20-46-49)38(50)34-17-24-18-37(53-27-12-14-48(15-13-27)26-21-55(51,52)22-26)29(19-33(24)47-34)28-6-2-3-7-31(28)40(42,43)44/h2-11,16-20,26-27,47H,12-15,21-22,45H2,1H3. The molecule has 0 radical (unpaired) electrons. The Bertz CT molecular complexity index is 2550. The van der Waals surface area contributed by atoms with Crippen LogP contribution in [0.15, 0.2) is 91.1 Å². The Morgan fingerprint density at radius 3 is 2.35 bits per heavy atom. The van der Waals surface area contributed by atoms with E-state index in [4.69, 9.17) is 15.2 Å². The number of alkyl halides is 3. The van der Waals surface area contributed by atoms with Crippen molar-refractivity contribution in [1.82, 2.24) is 19.7 Å². The molecule has 0 spiro atoms. The molecule has 284 valence electrons. The molecule has 15 heteroatoms. The maximum Gasteiger partial charge on any atom is 0.417 e. The van der Waals surface area contributed by atoms with Crippen molar-refractivity contribution < 1.29 is 40.2 Å². The minimum absolute atomic E-state index is 0.0233. The summed E-state index contributed by atoms with van der Waals surface area (Å²) in [7, 11) is -2.98. The number of piperidine rings is 1. The first-order chi connectivity index (χ1) is 26.2. The lowest BCUT2D eigenvalue weighted by Crippen LogP contribution is -2.56. The van der Waals surface area contributed by atoms with Crippen LogP contribution in [0.2, 0.25) is 0 Å². The maximum absolute atomic E-state index is 14.3. The molecule has 6 aromatic rings. The summed E-state index contributed by atoms with van der Waals surface area (Å²) in [6.07, 6.45) is -2.49. The van der Waals surface area contributed by atoms with Gasteiger partial charge in [0.1, 0.15) is 23.4 Å². The molecular formula is C40H35F4N5O5S. The highest BCUT2D eigenvalue weighted by atomic mass is 32.2. The number of hydrogen-bond donors (Lipinski definition) is 2. The highest BCUT2D eigenvalue weighted by Gasteiger charge is 2.39. The lowest BCUT2D eigenvalue weighted by Gasteiger charge is -2.41. The van der Waals surface area contributed by atoms with E-state index in [0.29, 0.717) is 53.8 Å². The molecule has 2 aliphatic rings. The Labute approximate surface area is 313 Å². The van der Waals surface area contributed by atoms with E-state index in [1.807, 2.05) is 0 Å². The number of ketones is 1. The van der Waals surface area contributed by atoms with Crippen LogP contribution in [-0.4, -0.2) is 70.6 Å². The molecule has 0 atom stereocenters. The van der Waals surface area contributed by atoms with Gasteiger partial charge in [-0.25, -0.2) is 17.5 Å². The van der Waals surface area contributed by atoms with Gasteiger partial charge in [0.05, 0.1) is 40.2 Å². The number of anilines is 1. The number of aromatic amines is 1. The highest BCUT2D eigenvalue weighted by molar-refractivity contribution is 7.92. The van der Waals surface area contributed by atoms with E-state index in [9.17, 15) is 30.8 Å².